The number of fused-ring (bicyclic) bond motifs is 3. The molecular formula is C27H32N2O5. The van der Waals surface area contributed by atoms with Gasteiger partial charge in [0.05, 0.1) is 0 Å². The molecule has 34 heavy (non-hydrogen) atoms. The summed E-state index contributed by atoms with van der Waals surface area (Å²) in [5.41, 5.74) is 3.13. The fourth-order valence-corrected chi connectivity index (χ4v) is 5.01. The summed E-state index contributed by atoms with van der Waals surface area (Å²) < 4.78 is 5.62. The lowest BCUT2D eigenvalue weighted by atomic mass is 9.79. The van der Waals surface area contributed by atoms with Crippen LogP contribution in [0.5, 0.6) is 0 Å². The number of carbonyl (C=O) groups is 3. The van der Waals surface area contributed by atoms with Gasteiger partial charge in [0.25, 0.3) is 0 Å². The summed E-state index contributed by atoms with van der Waals surface area (Å²) in [5, 5.41) is 15.0. The standard InChI is InChI=1S/C27H32N2O5/c1-3-15-27(2,25(31)32)29-24(30)23(17-9-8-10-17)28-26(33)34-16-22-20-13-6-4-11-18(20)19-12-5-7-14-21(19)22/h4-7,11-14,17,22-23H,3,8-10,15-16H2,1-2H3,(H,28,33)(H,29,30)(H,31,32). The van der Waals surface area contributed by atoms with Crippen molar-refractivity contribution in [2.75, 3.05) is 6.61 Å². The molecule has 2 amide bonds. The summed E-state index contributed by atoms with van der Waals surface area (Å²) in [6, 6.07) is 15.4. The van der Waals surface area contributed by atoms with Crippen molar-refractivity contribution in [3.8, 4) is 11.1 Å². The third kappa shape index (κ3) is 4.65. The molecule has 2 aromatic rings. The number of aliphatic carboxylic acids is 1. The smallest absolute Gasteiger partial charge is 0.407 e. The van der Waals surface area contributed by atoms with E-state index in [9.17, 15) is 19.5 Å². The van der Waals surface area contributed by atoms with Crippen LogP contribution in [0.3, 0.4) is 0 Å². The van der Waals surface area contributed by atoms with Crippen LogP contribution in [0.15, 0.2) is 48.5 Å². The second-order valence-corrected chi connectivity index (χ2v) is 9.52. The Hall–Kier alpha value is -3.35. The fourth-order valence-electron chi connectivity index (χ4n) is 5.01. The van der Waals surface area contributed by atoms with Crippen LogP contribution in [0.2, 0.25) is 0 Å². The minimum atomic E-state index is -1.38. The molecule has 7 nitrogen and oxygen atoms in total. The van der Waals surface area contributed by atoms with Crippen molar-refractivity contribution in [1.82, 2.24) is 10.6 Å². The second-order valence-electron chi connectivity index (χ2n) is 9.52. The first-order valence-corrected chi connectivity index (χ1v) is 12.0. The lowest BCUT2D eigenvalue weighted by Crippen LogP contribution is -2.60. The average molecular weight is 465 g/mol. The molecule has 1 saturated carbocycles. The van der Waals surface area contributed by atoms with Gasteiger partial charge in [0, 0.05) is 5.92 Å². The van der Waals surface area contributed by atoms with Crippen LogP contribution in [-0.4, -0.2) is 41.3 Å². The van der Waals surface area contributed by atoms with E-state index in [0.717, 1.165) is 41.5 Å². The summed E-state index contributed by atoms with van der Waals surface area (Å²) in [4.78, 5) is 37.6. The van der Waals surface area contributed by atoms with Gasteiger partial charge in [-0.1, -0.05) is 68.3 Å². The van der Waals surface area contributed by atoms with Gasteiger partial charge in [-0.3, -0.25) is 4.79 Å². The fraction of sp³-hybridized carbons (Fsp3) is 0.444. The molecule has 0 heterocycles. The molecule has 0 aliphatic heterocycles. The van der Waals surface area contributed by atoms with Gasteiger partial charge in [-0.2, -0.15) is 0 Å². The molecule has 2 aliphatic carbocycles. The number of alkyl carbamates (subject to hydrolysis) is 1. The minimum Gasteiger partial charge on any atom is -0.480 e. The molecule has 0 radical (unpaired) electrons. The third-order valence-electron chi connectivity index (χ3n) is 7.14. The first-order chi connectivity index (χ1) is 16.3. The molecule has 2 atom stereocenters. The quantitative estimate of drug-likeness (QED) is 0.508. The highest BCUT2D eigenvalue weighted by Gasteiger charge is 2.40. The zero-order valence-electron chi connectivity index (χ0n) is 19.7. The number of carbonyl (C=O) groups excluding carboxylic acids is 2. The molecule has 0 spiro atoms. The van der Waals surface area contributed by atoms with E-state index in [0.29, 0.717) is 12.8 Å². The number of ether oxygens (including phenoxy) is 1. The van der Waals surface area contributed by atoms with Crippen molar-refractivity contribution in [3.05, 3.63) is 59.7 Å². The van der Waals surface area contributed by atoms with E-state index >= 15 is 0 Å². The highest BCUT2D eigenvalue weighted by molar-refractivity contribution is 5.91. The molecule has 2 aliphatic rings. The Kier molecular flexibility index (Phi) is 6.91. The van der Waals surface area contributed by atoms with Crippen LogP contribution in [0.4, 0.5) is 4.79 Å². The zero-order valence-corrected chi connectivity index (χ0v) is 19.7. The van der Waals surface area contributed by atoms with E-state index in [1.165, 1.54) is 6.92 Å². The predicted octanol–water partition coefficient (Wildman–Crippen LogP) is 4.45. The van der Waals surface area contributed by atoms with E-state index in [4.69, 9.17) is 4.74 Å². The lowest BCUT2D eigenvalue weighted by molar-refractivity contribution is -0.147. The first-order valence-electron chi connectivity index (χ1n) is 12.0. The number of hydrogen-bond donors (Lipinski definition) is 3. The van der Waals surface area contributed by atoms with Crippen molar-refractivity contribution >= 4 is 18.0 Å². The van der Waals surface area contributed by atoms with Crippen molar-refractivity contribution in [2.45, 2.75) is 63.5 Å². The molecule has 3 N–H and O–H groups in total. The van der Waals surface area contributed by atoms with Crippen LogP contribution in [0.1, 0.15) is 63.0 Å². The minimum absolute atomic E-state index is 0.0276. The van der Waals surface area contributed by atoms with Crippen LogP contribution in [0, 0.1) is 5.92 Å². The van der Waals surface area contributed by atoms with Crippen LogP contribution >= 0.6 is 0 Å². The summed E-state index contributed by atoms with van der Waals surface area (Å²) >= 11 is 0. The molecular weight excluding hydrogens is 432 g/mol. The van der Waals surface area contributed by atoms with Gasteiger partial charge >= 0.3 is 12.1 Å². The van der Waals surface area contributed by atoms with Gasteiger partial charge in [0.15, 0.2) is 0 Å². The van der Waals surface area contributed by atoms with Crippen molar-refractivity contribution in [1.29, 1.82) is 0 Å². The molecule has 0 saturated heterocycles. The highest BCUT2D eigenvalue weighted by Crippen LogP contribution is 2.44. The molecule has 0 bridgehead atoms. The van der Waals surface area contributed by atoms with Gasteiger partial charge < -0.3 is 20.5 Å². The van der Waals surface area contributed by atoms with E-state index in [-0.39, 0.29) is 18.4 Å². The summed E-state index contributed by atoms with van der Waals surface area (Å²) in [5.74, 6) is -1.66. The number of rotatable bonds is 9. The predicted molar refractivity (Wildman–Crippen MR) is 128 cm³/mol. The van der Waals surface area contributed by atoms with Gasteiger partial charge in [-0.25, -0.2) is 9.59 Å². The molecule has 180 valence electrons. The van der Waals surface area contributed by atoms with E-state index < -0.39 is 29.6 Å². The topological polar surface area (TPSA) is 105 Å². The monoisotopic (exact) mass is 464 g/mol. The first kappa shape index (κ1) is 23.8. The molecule has 4 rings (SSSR count). The summed E-state index contributed by atoms with van der Waals surface area (Å²) in [7, 11) is 0. The van der Waals surface area contributed by atoms with Gasteiger partial charge in [0.1, 0.15) is 18.2 Å². The SMILES string of the molecule is CCCC(C)(NC(=O)C(NC(=O)OCC1c2ccccc2-c2ccccc21)C1CCC1)C(=O)O. The Balaban J connectivity index is 1.43. The lowest BCUT2D eigenvalue weighted by Gasteiger charge is -2.35. The van der Waals surface area contributed by atoms with Crippen molar-refractivity contribution in [2.24, 2.45) is 5.92 Å². The maximum absolute atomic E-state index is 13.1. The molecule has 1 fully saturated rings. The number of benzene rings is 2. The molecule has 2 unspecified atom stereocenters. The number of carboxylic acid groups (broad SMARTS) is 1. The Morgan fingerprint density at radius 1 is 1.06 bits per heavy atom. The zero-order chi connectivity index (χ0) is 24.3. The molecule has 2 aromatic carbocycles. The van der Waals surface area contributed by atoms with E-state index in [2.05, 4.69) is 22.8 Å². The molecule has 0 aromatic heterocycles. The highest BCUT2D eigenvalue weighted by atomic mass is 16.5. The Labute approximate surface area is 199 Å². The van der Waals surface area contributed by atoms with E-state index in [1.54, 1.807) is 0 Å². The third-order valence-corrected chi connectivity index (χ3v) is 7.14. The average Bonchev–Trinajstić information content (AvgIpc) is 3.10. The maximum Gasteiger partial charge on any atom is 0.407 e. The normalized spacial score (nSPS) is 17.5. The van der Waals surface area contributed by atoms with Crippen molar-refractivity contribution in [3.63, 3.8) is 0 Å². The van der Waals surface area contributed by atoms with E-state index in [1.807, 2.05) is 43.3 Å². The Morgan fingerprint density at radius 2 is 1.65 bits per heavy atom. The largest absolute Gasteiger partial charge is 0.480 e. The number of carboxylic acids is 1. The Morgan fingerprint density at radius 3 is 2.15 bits per heavy atom. The van der Waals surface area contributed by atoms with Gasteiger partial charge in [0.2, 0.25) is 5.91 Å². The number of hydrogen-bond acceptors (Lipinski definition) is 4. The van der Waals surface area contributed by atoms with Crippen LogP contribution < -0.4 is 10.6 Å². The number of nitrogens with one attached hydrogen (secondary N) is 2. The summed E-state index contributed by atoms with van der Waals surface area (Å²) in [6.07, 6.45) is 2.83. The van der Waals surface area contributed by atoms with Crippen LogP contribution in [0.25, 0.3) is 11.1 Å². The second kappa shape index (κ2) is 9.87. The maximum atomic E-state index is 13.1. The van der Waals surface area contributed by atoms with Gasteiger partial charge in [-0.15, -0.1) is 0 Å². The Bertz CT molecular complexity index is 1030. The summed E-state index contributed by atoms with van der Waals surface area (Å²) in [6.45, 7) is 3.52. The van der Waals surface area contributed by atoms with Gasteiger partial charge in [-0.05, 0) is 54.4 Å². The molecule has 7 heteroatoms. The van der Waals surface area contributed by atoms with Crippen molar-refractivity contribution < 1.29 is 24.2 Å². The van der Waals surface area contributed by atoms with Crippen LogP contribution in [-0.2, 0) is 14.3 Å². The number of amides is 2.